The molecule has 0 heterocycles. The van der Waals surface area contributed by atoms with E-state index in [1.54, 1.807) is 0 Å². The van der Waals surface area contributed by atoms with E-state index in [0.717, 1.165) is 0 Å². The summed E-state index contributed by atoms with van der Waals surface area (Å²) < 4.78 is 4.66. The quantitative estimate of drug-likeness (QED) is 0.237. The van der Waals surface area contributed by atoms with Crippen molar-refractivity contribution < 1.29 is 29.4 Å². The molecule has 0 aliphatic heterocycles. The number of carbonyl (C=O) groups excluding carboxylic acids is 1. The van der Waals surface area contributed by atoms with Crippen LogP contribution in [0.1, 0.15) is 19.3 Å². The van der Waals surface area contributed by atoms with Crippen molar-refractivity contribution in [3.8, 4) is 0 Å². The summed E-state index contributed by atoms with van der Waals surface area (Å²) in [6.07, 6.45) is 0.0703. The van der Waals surface area contributed by atoms with Gasteiger partial charge in [0, 0.05) is 12.8 Å². The fraction of sp³-hybridized carbons (Fsp3) is 0.750. The van der Waals surface area contributed by atoms with Crippen LogP contribution in [0.3, 0.4) is 0 Å². The number of carbonyl (C=O) groups is 2. The highest BCUT2D eigenvalue weighted by Gasteiger charge is 2.13. The van der Waals surface area contributed by atoms with Crippen LogP contribution in [0.25, 0.3) is 0 Å². The van der Waals surface area contributed by atoms with Crippen LogP contribution in [0, 0.1) is 10.1 Å². The monoisotopic (exact) mass is 250 g/mol. The fourth-order valence-electron chi connectivity index (χ4n) is 0.853. The standard InChI is InChI=1S/C8H14N2O7/c9-6(8(12)13)2-3-7(11)16-4-1-5-17-10(14)15/h6H,1-5,9H2,(H,12,13). The Morgan fingerprint density at radius 2 is 2.06 bits per heavy atom. The van der Waals surface area contributed by atoms with Gasteiger partial charge in [-0.25, -0.2) is 0 Å². The molecule has 9 heteroatoms. The van der Waals surface area contributed by atoms with Crippen molar-refractivity contribution in [3.63, 3.8) is 0 Å². The smallest absolute Gasteiger partial charge is 0.320 e. The van der Waals surface area contributed by atoms with Gasteiger partial charge >= 0.3 is 11.9 Å². The molecule has 1 atom stereocenters. The van der Waals surface area contributed by atoms with Gasteiger partial charge in [-0.2, -0.15) is 0 Å². The minimum atomic E-state index is -1.18. The Hall–Kier alpha value is -1.90. The molecule has 0 saturated carbocycles. The van der Waals surface area contributed by atoms with Crippen molar-refractivity contribution in [2.75, 3.05) is 13.2 Å². The molecular formula is C8H14N2O7. The molecule has 0 spiro atoms. The van der Waals surface area contributed by atoms with Crippen LogP contribution in [-0.4, -0.2) is 41.4 Å². The van der Waals surface area contributed by atoms with Crippen molar-refractivity contribution in [3.05, 3.63) is 10.1 Å². The normalized spacial score (nSPS) is 11.6. The first-order chi connectivity index (χ1) is 7.93. The van der Waals surface area contributed by atoms with E-state index in [2.05, 4.69) is 9.57 Å². The number of hydrogen-bond acceptors (Lipinski definition) is 7. The van der Waals surface area contributed by atoms with Crippen LogP contribution >= 0.6 is 0 Å². The van der Waals surface area contributed by atoms with Crippen LogP contribution in [0.4, 0.5) is 0 Å². The van der Waals surface area contributed by atoms with Crippen molar-refractivity contribution in [2.45, 2.75) is 25.3 Å². The number of carboxylic acids is 1. The average molecular weight is 250 g/mol. The zero-order valence-electron chi connectivity index (χ0n) is 9.03. The van der Waals surface area contributed by atoms with Crippen molar-refractivity contribution >= 4 is 11.9 Å². The average Bonchev–Trinajstić information content (AvgIpc) is 2.24. The van der Waals surface area contributed by atoms with E-state index in [0.29, 0.717) is 0 Å². The maximum absolute atomic E-state index is 11.0. The van der Waals surface area contributed by atoms with Crippen LogP contribution in [-0.2, 0) is 19.2 Å². The van der Waals surface area contributed by atoms with Crippen LogP contribution in [0.2, 0.25) is 0 Å². The van der Waals surface area contributed by atoms with Crippen LogP contribution in [0.15, 0.2) is 0 Å². The molecule has 0 amide bonds. The summed E-state index contributed by atoms with van der Waals surface area (Å²) >= 11 is 0. The fourth-order valence-corrected chi connectivity index (χ4v) is 0.853. The third-order valence-corrected chi connectivity index (χ3v) is 1.73. The summed E-state index contributed by atoms with van der Waals surface area (Å²) in [7, 11) is 0. The molecule has 0 aromatic carbocycles. The molecule has 1 unspecified atom stereocenters. The number of rotatable bonds is 9. The van der Waals surface area contributed by atoms with Gasteiger partial charge in [-0.1, -0.05) is 0 Å². The molecule has 0 bridgehead atoms. The highest BCUT2D eigenvalue weighted by Crippen LogP contribution is 1.98. The molecule has 0 rings (SSSR count). The van der Waals surface area contributed by atoms with Gasteiger partial charge in [0.15, 0.2) is 0 Å². The van der Waals surface area contributed by atoms with E-state index < -0.39 is 23.1 Å². The second-order valence-electron chi connectivity index (χ2n) is 3.11. The van der Waals surface area contributed by atoms with Crippen molar-refractivity contribution in [2.24, 2.45) is 5.73 Å². The lowest BCUT2D eigenvalue weighted by Gasteiger charge is -2.06. The molecule has 0 aliphatic carbocycles. The molecule has 0 radical (unpaired) electrons. The zero-order valence-corrected chi connectivity index (χ0v) is 9.03. The van der Waals surface area contributed by atoms with E-state index in [-0.39, 0.29) is 32.5 Å². The Balaban J connectivity index is 3.47. The summed E-state index contributed by atoms with van der Waals surface area (Å²) in [6.45, 7) is -0.177. The highest BCUT2D eigenvalue weighted by molar-refractivity contribution is 5.75. The van der Waals surface area contributed by atoms with Gasteiger partial charge in [-0.05, 0) is 6.42 Å². The molecule has 0 fully saturated rings. The summed E-state index contributed by atoms with van der Waals surface area (Å²) in [6, 6.07) is -1.10. The minimum absolute atomic E-state index is 0.0143. The lowest BCUT2D eigenvalue weighted by molar-refractivity contribution is -0.757. The Labute approximate surface area is 96.6 Å². The van der Waals surface area contributed by atoms with E-state index in [1.807, 2.05) is 0 Å². The minimum Gasteiger partial charge on any atom is -0.480 e. The number of carboxylic acid groups (broad SMARTS) is 1. The first kappa shape index (κ1) is 15.1. The molecule has 0 saturated heterocycles. The Morgan fingerprint density at radius 1 is 1.41 bits per heavy atom. The van der Waals surface area contributed by atoms with E-state index in [4.69, 9.17) is 10.8 Å². The van der Waals surface area contributed by atoms with Crippen molar-refractivity contribution in [1.82, 2.24) is 0 Å². The predicted molar refractivity (Wildman–Crippen MR) is 53.4 cm³/mol. The number of nitrogens with zero attached hydrogens (tertiary/aromatic N) is 1. The largest absolute Gasteiger partial charge is 0.480 e. The van der Waals surface area contributed by atoms with Gasteiger partial charge in [0.2, 0.25) is 0 Å². The molecule has 17 heavy (non-hydrogen) atoms. The zero-order chi connectivity index (χ0) is 13.3. The number of hydrogen-bond donors (Lipinski definition) is 2. The highest BCUT2D eigenvalue weighted by atomic mass is 16.9. The molecule has 98 valence electrons. The van der Waals surface area contributed by atoms with Gasteiger partial charge in [0.1, 0.15) is 6.04 Å². The second-order valence-corrected chi connectivity index (χ2v) is 3.11. The Morgan fingerprint density at radius 3 is 2.59 bits per heavy atom. The number of ether oxygens (including phenoxy) is 1. The maximum Gasteiger partial charge on any atom is 0.320 e. The second kappa shape index (κ2) is 8.28. The lowest BCUT2D eigenvalue weighted by atomic mass is 10.2. The Kier molecular flexibility index (Phi) is 7.35. The van der Waals surface area contributed by atoms with Gasteiger partial charge in [0.05, 0.1) is 13.2 Å². The maximum atomic E-state index is 11.0. The third kappa shape index (κ3) is 9.05. The Bertz CT molecular complexity index is 281. The van der Waals surface area contributed by atoms with Crippen molar-refractivity contribution in [1.29, 1.82) is 0 Å². The summed E-state index contributed by atoms with van der Waals surface area (Å²) in [5, 5.41) is 17.2. The van der Waals surface area contributed by atoms with Gasteiger partial charge in [0.25, 0.3) is 5.09 Å². The van der Waals surface area contributed by atoms with Crippen LogP contribution < -0.4 is 5.73 Å². The predicted octanol–water partition coefficient (Wildman–Crippen LogP) is -0.680. The molecule has 3 N–H and O–H groups in total. The molecule has 0 aromatic heterocycles. The molecule has 0 aliphatic rings. The van der Waals surface area contributed by atoms with Gasteiger partial charge in [-0.15, -0.1) is 10.1 Å². The molecule has 0 aromatic rings. The van der Waals surface area contributed by atoms with E-state index >= 15 is 0 Å². The number of aliphatic carboxylic acids is 1. The van der Waals surface area contributed by atoms with E-state index in [9.17, 15) is 19.7 Å². The topological polar surface area (TPSA) is 142 Å². The van der Waals surface area contributed by atoms with E-state index in [1.165, 1.54) is 0 Å². The number of esters is 1. The first-order valence-corrected chi connectivity index (χ1v) is 4.84. The third-order valence-electron chi connectivity index (χ3n) is 1.73. The summed E-state index contributed by atoms with van der Waals surface area (Å²) in [5.74, 6) is -1.78. The first-order valence-electron chi connectivity index (χ1n) is 4.84. The lowest BCUT2D eigenvalue weighted by Crippen LogP contribution is -2.30. The molecular weight excluding hydrogens is 236 g/mol. The summed E-state index contributed by atoms with van der Waals surface area (Å²) in [5.41, 5.74) is 5.17. The summed E-state index contributed by atoms with van der Waals surface area (Å²) in [4.78, 5) is 35.1. The van der Waals surface area contributed by atoms with Gasteiger partial charge in [-0.3, -0.25) is 9.59 Å². The SMILES string of the molecule is NC(CCC(=O)OCCCO[N+](=O)[O-])C(=O)O. The number of nitrogens with two attached hydrogens (primary N) is 1. The van der Waals surface area contributed by atoms with Crippen LogP contribution in [0.5, 0.6) is 0 Å². The van der Waals surface area contributed by atoms with Gasteiger partial charge < -0.3 is 20.4 Å². The molecule has 9 nitrogen and oxygen atoms in total.